The van der Waals surface area contributed by atoms with Crippen LogP contribution in [-0.4, -0.2) is 49.5 Å². The number of morpholine rings is 1. The fourth-order valence-corrected chi connectivity index (χ4v) is 8.65. The van der Waals surface area contributed by atoms with Crippen LogP contribution in [0.25, 0.3) is 0 Å². The molecule has 4 bridgehead atoms. The number of aldehydes is 1. The van der Waals surface area contributed by atoms with Crippen LogP contribution in [0.4, 0.5) is 0 Å². The molecule has 9 atom stereocenters. The summed E-state index contributed by atoms with van der Waals surface area (Å²) in [5.74, 6) is 0.394. The van der Waals surface area contributed by atoms with Crippen molar-refractivity contribution in [3.8, 4) is 0 Å². The topological polar surface area (TPSA) is 84.9 Å². The molecule has 1 saturated heterocycles. The maximum atomic E-state index is 13.3. The van der Waals surface area contributed by atoms with Crippen LogP contribution in [0, 0.1) is 45.8 Å². The van der Waals surface area contributed by atoms with Gasteiger partial charge in [0.15, 0.2) is 6.29 Å². The van der Waals surface area contributed by atoms with Crippen LogP contribution in [0.5, 0.6) is 0 Å². The van der Waals surface area contributed by atoms with E-state index in [1.807, 2.05) is 0 Å². The number of carboxylic acid groups (broad SMARTS) is 1. The van der Waals surface area contributed by atoms with Crippen LogP contribution >= 0.6 is 0 Å². The van der Waals surface area contributed by atoms with Crippen LogP contribution in [0.1, 0.15) is 53.4 Å². The molecule has 2 N–H and O–H groups in total. The third-order valence-electron chi connectivity index (χ3n) is 9.81. The Labute approximate surface area is 185 Å². The van der Waals surface area contributed by atoms with Crippen molar-refractivity contribution in [2.24, 2.45) is 45.8 Å². The first-order valence-electron chi connectivity index (χ1n) is 12.1. The first-order valence-corrected chi connectivity index (χ1v) is 12.1. The van der Waals surface area contributed by atoms with Gasteiger partial charge in [-0.1, -0.05) is 38.8 Å². The van der Waals surface area contributed by atoms with Crippen molar-refractivity contribution in [1.82, 2.24) is 5.32 Å². The molecule has 1 aliphatic heterocycles. The Morgan fingerprint density at radius 1 is 1.35 bits per heavy atom. The second-order valence-electron chi connectivity index (χ2n) is 11.4. The standard InChI is InChI=1S/C25H37NO5/c1-14(2)20-7-17-8-23(12-27)19-6-5-15(3)18(19)9-24(17,25(20,23)22(28)29)13-31-21-10-26-16(4)11-30-21/h7,12,14-19,21,26H,5-6,8-11,13H2,1-4H3,(H,28,29)/t15-,16?,17+,18-,19-,21?,23+,24+,25+/m1/s1. The fourth-order valence-electron chi connectivity index (χ4n) is 8.65. The average Bonchev–Trinajstić information content (AvgIpc) is 3.30. The number of carbonyl (C=O) groups excluding carboxylic acids is 1. The summed E-state index contributed by atoms with van der Waals surface area (Å²) in [7, 11) is 0. The van der Waals surface area contributed by atoms with Crippen molar-refractivity contribution in [2.75, 3.05) is 19.8 Å². The number of hydrogen-bond acceptors (Lipinski definition) is 5. The highest BCUT2D eigenvalue weighted by Crippen LogP contribution is 2.82. The number of rotatable bonds is 6. The number of allylic oxidation sites excluding steroid dienone is 1. The third-order valence-corrected chi connectivity index (χ3v) is 9.81. The van der Waals surface area contributed by atoms with E-state index in [2.05, 4.69) is 39.1 Å². The Morgan fingerprint density at radius 3 is 2.74 bits per heavy atom. The molecule has 2 unspecified atom stereocenters. The van der Waals surface area contributed by atoms with Crippen molar-refractivity contribution in [1.29, 1.82) is 0 Å². The Kier molecular flexibility index (Phi) is 4.97. The molecule has 172 valence electrons. The van der Waals surface area contributed by atoms with Gasteiger partial charge in [-0.05, 0) is 55.8 Å². The van der Waals surface area contributed by atoms with Crippen molar-refractivity contribution >= 4 is 12.3 Å². The molecular weight excluding hydrogens is 394 g/mol. The Balaban J connectivity index is 1.60. The Morgan fingerprint density at radius 2 is 2.13 bits per heavy atom. The van der Waals surface area contributed by atoms with Crippen LogP contribution in [0.15, 0.2) is 11.6 Å². The van der Waals surface area contributed by atoms with Gasteiger partial charge < -0.3 is 24.7 Å². The maximum absolute atomic E-state index is 13.3. The smallest absolute Gasteiger partial charge is 0.315 e. The molecule has 4 aliphatic carbocycles. The zero-order chi connectivity index (χ0) is 22.2. The zero-order valence-electron chi connectivity index (χ0n) is 19.2. The summed E-state index contributed by atoms with van der Waals surface area (Å²) in [6.07, 6.45) is 6.44. The van der Waals surface area contributed by atoms with E-state index in [4.69, 9.17) is 9.47 Å². The monoisotopic (exact) mass is 431 g/mol. The number of aliphatic carboxylic acids is 1. The third kappa shape index (κ3) is 2.50. The number of fused-ring (bicyclic) bond motifs is 2. The van der Waals surface area contributed by atoms with E-state index in [0.29, 0.717) is 38.0 Å². The van der Waals surface area contributed by atoms with Crippen LogP contribution < -0.4 is 5.32 Å². The lowest BCUT2D eigenvalue weighted by atomic mass is 9.43. The molecule has 5 rings (SSSR count). The summed E-state index contributed by atoms with van der Waals surface area (Å²) in [4.78, 5) is 26.3. The normalized spacial score (nSPS) is 50.4. The minimum Gasteiger partial charge on any atom is -0.481 e. The maximum Gasteiger partial charge on any atom is 0.315 e. The summed E-state index contributed by atoms with van der Waals surface area (Å²) >= 11 is 0. The van der Waals surface area contributed by atoms with Crippen LogP contribution in [-0.2, 0) is 19.1 Å². The molecule has 3 saturated carbocycles. The highest BCUT2D eigenvalue weighted by atomic mass is 16.7. The van der Waals surface area contributed by atoms with Crippen LogP contribution in [0.2, 0.25) is 0 Å². The van der Waals surface area contributed by atoms with Gasteiger partial charge in [0.05, 0.1) is 18.6 Å². The molecule has 0 amide bonds. The van der Waals surface area contributed by atoms with E-state index in [0.717, 1.165) is 31.1 Å². The highest BCUT2D eigenvalue weighted by molar-refractivity contribution is 5.90. The van der Waals surface area contributed by atoms with Gasteiger partial charge in [-0.3, -0.25) is 4.79 Å². The summed E-state index contributed by atoms with van der Waals surface area (Å²) in [5.41, 5.74) is -1.61. The fraction of sp³-hybridized carbons (Fsp3) is 0.840. The first kappa shape index (κ1) is 21.6. The average molecular weight is 432 g/mol. The minimum absolute atomic E-state index is 0.0690. The van der Waals surface area contributed by atoms with Crippen molar-refractivity contribution in [2.45, 2.75) is 65.7 Å². The molecule has 0 radical (unpaired) electrons. The van der Waals surface area contributed by atoms with E-state index in [1.54, 1.807) is 0 Å². The molecule has 0 aromatic rings. The van der Waals surface area contributed by atoms with Gasteiger partial charge in [0.25, 0.3) is 0 Å². The molecule has 0 aromatic heterocycles. The summed E-state index contributed by atoms with van der Waals surface area (Å²) in [6.45, 7) is 10.0. The number of ether oxygens (including phenoxy) is 2. The van der Waals surface area contributed by atoms with Gasteiger partial charge >= 0.3 is 5.97 Å². The Bertz CT molecular complexity index is 802. The second kappa shape index (κ2) is 7.13. The largest absolute Gasteiger partial charge is 0.481 e. The molecule has 5 aliphatic rings. The molecule has 6 heteroatoms. The molecule has 4 fully saturated rings. The molecule has 0 aromatic carbocycles. The van der Waals surface area contributed by atoms with Crippen molar-refractivity contribution in [3.05, 3.63) is 11.6 Å². The number of nitrogens with one attached hydrogen (secondary N) is 1. The molecule has 31 heavy (non-hydrogen) atoms. The molecule has 1 heterocycles. The molecular formula is C25H37NO5. The summed E-state index contributed by atoms with van der Waals surface area (Å²) < 4.78 is 12.2. The molecule has 0 spiro atoms. The van der Waals surface area contributed by atoms with Gasteiger partial charge in [0, 0.05) is 18.0 Å². The lowest BCUT2D eigenvalue weighted by Gasteiger charge is -2.58. The summed E-state index contributed by atoms with van der Waals surface area (Å²) in [5, 5.41) is 14.3. The zero-order valence-corrected chi connectivity index (χ0v) is 19.2. The lowest BCUT2D eigenvalue weighted by Crippen LogP contribution is -2.64. The van der Waals surface area contributed by atoms with Gasteiger partial charge in [-0.25, -0.2) is 0 Å². The van der Waals surface area contributed by atoms with Gasteiger partial charge in [-0.15, -0.1) is 0 Å². The lowest BCUT2D eigenvalue weighted by molar-refractivity contribution is -0.213. The van der Waals surface area contributed by atoms with E-state index >= 15 is 0 Å². The minimum atomic E-state index is -1.17. The van der Waals surface area contributed by atoms with Crippen molar-refractivity contribution in [3.63, 3.8) is 0 Å². The number of carboxylic acids is 1. The van der Waals surface area contributed by atoms with Gasteiger partial charge in [-0.2, -0.15) is 0 Å². The predicted molar refractivity (Wildman–Crippen MR) is 115 cm³/mol. The van der Waals surface area contributed by atoms with E-state index in [1.165, 1.54) is 0 Å². The summed E-state index contributed by atoms with van der Waals surface area (Å²) in [6, 6.07) is 0.290. The van der Waals surface area contributed by atoms with E-state index in [-0.39, 0.29) is 30.1 Å². The predicted octanol–water partition coefficient (Wildman–Crippen LogP) is 3.26. The quantitative estimate of drug-likeness (QED) is 0.496. The van der Waals surface area contributed by atoms with E-state index in [9.17, 15) is 14.7 Å². The van der Waals surface area contributed by atoms with Gasteiger partial charge in [0.1, 0.15) is 11.7 Å². The van der Waals surface area contributed by atoms with E-state index < -0.39 is 22.2 Å². The Hall–Kier alpha value is -1.24. The van der Waals surface area contributed by atoms with Crippen LogP contribution in [0.3, 0.4) is 0 Å². The number of carbonyl (C=O) groups is 2. The van der Waals surface area contributed by atoms with Crippen molar-refractivity contribution < 1.29 is 24.2 Å². The first-order chi connectivity index (χ1) is 14.7. The SMILES string of the molecule is CC1COC(OC[C@@]23C[C@@H]4[C@H](C)CC[C@H]4[C@@]4(C=O)C[C@@H]2C=C(C(C)C)[C@@]34C(=O)O)CN1. The molecule has 6 nitrogen and oxygen atoms in total. The number of hydrogen-bond donors (Lipinski definition) is 2. The highest BCUT2D eigenvalue weighted by Gasteiger charge is 2.84. The van der Waals surface area contributed by atoms with Gasteiger partial charge in [0.2, 0.25) is 0 Å². The second-order valence-corrected chi connectivity index (χ2v) is 11.4.